The fraction of sp³-hybridized carbons (Fsp3) is 0.800. The smallest absolute Gasteiger partial charge is 0.0666 e. The van der Waals surface area contributed by atoms with Crippen LogP contribution in [0.5, 0.6) is 0 Å². The maximum atomic E-state index is 9.42. The fourth-order valence-electron chi connectivity index (χ4n) is 3.21. The Hall–Kier alpha value is -0.870. The van der Waals surface area contributed by atoms with Gasteiger partial charge in [0.2, 0.25) is 0 Å². The van der Waals surface area contributed by atoms with Gasteiger partial charge in [0.1, 0.15) is 0 Å². The highest BCUT2D eigenvalue weighted by Gasteiger charge is 2.23. The lowest BCUT2D eigenvalue weighted by Crippen LogP contribution is -2.32. The third-order valence-electron chi connectivity index (χ3n) is 4.35. The molecule has 4 nitrogen and oxygen atoms in total. The molecule has 2 N–H and O–H groups in total. The van der Waals surface area contributed by atoms with Crippen LogP contribution in [0.2, 0.25) is 0 Å². The molecule has 0 amide bonds. The van der Waals surface area contributed by atoms with Gasteiger partial charge in [-0.05, 0) is 37.6 Å². The van der Waals surface area contributed by atoms with Crippen LogP contribution in [0.1, 0.15) is 43.9 Å². The summed E-state index contributed by atoms with van der Waals surface area (Å²) in [4.78, 5) is 0. The van der Waals surface area contributed by atoms with Crippen molar-refractivity contribution in [3.05, 3.63) is 17.5 Å². The minimum absolute atomic E-state index is 0.347. The van der Waals surface area contributed by atoms with Gasteiger partial charge in [-0.15, -0.1) is 0 Å². The molecule has 0 radical (unpaired) electrons. The van der Waals surface area contributed by atoms with Crippen molar-refractivity contribution in [3.63, 3.8) is 0 Å². The van der Waals surface area contributed by atoms with Crippen molar-refractivity contribution in [2.75, 3.05) is 13.2 Å². The van der Waals surface area contributed by atoms with Gasteiger partial charge < -0.3 is 10.4 Å². The van der Waals surface area contributed by atoms with Crippen LogP contribution in [-0.2, 0) is 20.0 Å². The number of nitrogens with one attached hydrogen (secondary N) is 1. The lowest BCUT2D eigenvalue weighted by Gasteiger charge is -2.30. The molecule has 1 aromatic rings. The summed E-state index contributed by atoms with van der Waals surface area (Å²) in [5, 5.41) is 17.4. The highest BCUT2D eigenvalue weighted by molar-refractivity contribution is 5.16. The van der Waals surface area contributed by atoms with Crippen LogP contribution in [0.3, 0.4) is 0 Å². The first-order valence-electron chi connectivity index (χ1n) is 7.57. The van der Waals surface area contributed by atoms with E-state index in [-0.39, 0.29) is 0 Å². The summed E-state index contributed by atoms with van der Waals surface area (Å²) >= 11 is 0. The molecule has 1 saturated carbocycles. The molecule has 0 aromatic carbocycles. The molecule has 4 heteroatoms. The average molecular weight is 265 g/mol. The molecule has 1 aliphatic carbocycles. The number of hydrogen-bond donors (Lipinski definition) is 2. The van der Waals surface area contributed by atoms with Gasteiger partial charge in [0.25, 0.3) is 0 Å². The minimum Gasteiger partial charge on any atom is -0.396 e. The third kappa shape index (κ3) is 3.80. The normalized spacial score (nSPS) is 23.7. The topological polar surface area (TPSA) is 50.1 Å². The van der Waals surface area contributed by atoms with Crippen LogP contribution in [0, 0.1) is 11.8 Å². The van der Waals surface area contributed by atoms with Gasteiger partial charge in [-0.1, -0.05) is 19.8 Å². The van der Waals surface area contributed by atoms with Crippen molar-refractivity contribution in [2.24, 2.45) is 18.9 Å². The first kappa shape index (κ1) is 14.5. The van der Waals surface area contributed by atoms with Gasteiger partial charge in [-0.2, -0.15) is 5.10 Å². The summed E-state index contributed by atoms with van der Waals surface area (Å²) in [6, 6.07) is 0. The van der Waals surface area contributed by atoms with Gasteiger partial charge in [0.15, 0.2) is 0 Å². The zero-order valence-corrected chi connectivity index (χ0v) is 12.2. The maximum Gasteiger partial charge on any atom is 0.0666 e. The summed E-state index contributed by atoms with van der Waals surface area (Å²) in [5.41, 5.74) is 2.50. The summed E-state index contributed by atoms with van der Waals surface area (Å²) in [5.74, 6) is 1.14. The Morgan fingerprint density at radius 2 is 2.11 bits per heavy atom. The Bertz CT molecular complexity index is 389. The molecule has 1 heterocycles. The number of aryl methyl sites for hydroxylation is 2. The van der Waals surface area contributed by atoms with E-state index in [9.17, 15) is 5.11 Å². The Labute approximate surface area is 116 Å². The summed E-state index contributed by atoms with van der Waals surface area (Å²) < 4.78 is 1.90. The van der Waals surface area contributed by atoms with E-state index in [0.717, 1.165) is 19.5 Å². The van der Waals surface area contributed by atoms with Crippen LogP contribution >= 0.6 is 0 Å². The van der Waals surface area contributed by atoms with Crippen molar-refractivity contribution in [1.29, 1.82) is 0 Å². The van der Waals surface area contributed by atoms with Crippen molar-refractivity contribution in [3.8, 4) is 0 Å². The van der Waals surface area contributed by atoms with E-state index in [2.05, 4.69) is 23.5 Å². The minimum atomic E-state index is 0.347. The molecule has 2 unspecified atom stereocenters. The highest BCUT2D eigenvalue weighted by Crippen LogP contribution is 2.29. The molecule has 2 atom stereocenters. The van der Waals surface area contributed by atoms with Gasteiger partial charge in [0, 0.05) is 32.0 Å². The molecule has 0 spiro atoms. The van der Waals surface area contributed by atoms with Gasteiger partial charge >= 0.3 is 0 Å². The second kappa shape index (κ2) is 7.06. The van der Waals surface area contributed by atoms with E-state index in [1.165, 1.54) is 36.9 Å². The third-order valence-corrected chi connectivity index (χ3v) is 4.35. The quantitative estimate of drug-likeness (QED) is 0.825. The standard InChI is InChI=1S/C15H27N3O/c1-3-15-14(10-18(2)17-15)9-16-8-12-6-4-5-7-13(12)11-19/h10,12-13,16,19H,3-9,11H2,1-2H3. The number of rotatable bonds is 6. The lowest BCUT2D eigenvalue weighted by molar-refractivity contribution is 0.133. The second-order valence-corrected chi connectivity index (χ2v) is 5.75. The monoisotopic (exact) mass is 265 g/mol. The largest absolute Gasteiger partial charge is 0.396 e. The van der Waals surface area contributed by atoms with Gasteiger partial charge in [0.05, 0.1) is 5.69 Å². The van der Waals surface area contributed by atoms with Crippen LogP contribution in [0.15, 0.2) is 6.20 Å². The van der Waals surface area contributed by atoms with Gasteiger partial charge in [-0.25, -0.2) is 0 Å². The van der Waals surface area contributed by atoms with Crippen molar-refractivity contribution in [2.45, 2.75) is 45.6 Å². The second-order valence-electron chi connectivity index (χ2n) is 5.75. The summed E-state index contributed by atoms with van der Waals surface area (Å²) in [6.45, 7) is 4.41. The number of aliphatic hydroxyl groups excluding tert-OH is 1. The van der Waals surface area contributed by atoms with Crippen LogP contribution in [0.25, 0.3) is 0 Å². The highest BCUT2D eigenvalue weighted by atomic mass is 16.3. The molecule has 1 aliphatic rings. The molecule has 1 fully saturated rings. The lowest BCUT2D eigenvalue weighted by atomic mass is 9.79. The molecule has 2 rings (SSSR count). The Morgan fingerprint density at radius 1 is 1.37 bits per heavy atom. The summed E-state index contributed by atoms with van der Waals surface area (Å²) in [7, 11) is 1.98. The average Bonchev–Trinajstić information content (AvgIpc) is 2.79. The number of nitrogens with zero attached hydrogens (tertiary/aromatic N) is 2. The van der Waals surface area contributed by atoms with E-state index in [1.807, 2.05) is 11.7 Å². The van der Waals surface area contributed by atoms with E-state index in [1.54, 1.807) is 0 Å². The Balaban J connectivity index is 1.82. The zero-order valence-electron chi connectivity index (χ0n) is 12.2. The predicted octanol–water partition coefficient (Wildman–Crippen LogP) is 1.87. The number of aromatic nitrogens is 2. The van der Waals surface area contributed by atoms with E-state index in [4.69, 9.17) is 0 Å². The first-order valence-corrected chi connectivity index (χ1v) is 7.57. The molecule has 108 valence electrons. The zero-order chi connectivity index (χ0) is 13.7. The van der Waals surface area contributed by atoms with Crippen molar-refractivity contribution in [1.82, 2.24) is 15.1 Å². The molecule has 1 aromatic heterocycles. The van der Waals surface area contributed by atoms with Crippen LogP contribution in [-0.4, -0.2) is 28.0 Å². The molecular formula is C15H27N3O. The van der Waals surface area contributed by atoms with Crippen molar-refractivity contribution < 1.29 is 5.11 Å². The number of hydrogen-bond acceptors (Lipinski definition) is 3. The Kier molecular flexibility index (Phi) is 5.40. The van der Waals surface area contributed by atoms with Crippen molar-refractivity contribution >= 4 is 0 Å². The fourth-order valence-corrected chi connectivity index (χ4v) is 3.21. The number of aliphatic hydroxyl groups is 1. The van der Waals surface area contributed by atoms with E-state index >= 15 is 0 Å². The SMILES string of the molecule is CCc1nn(C)cc1CNCC1CCCCC1CO. The molecule has 0 saturated heterocycles. The predicted molar refractivity (Wildman–Crippen MR) is 76.8 cm³/mol. The van der Waals surface area contributed by atoms with Crippen LogP contribution < -0.4 is 5.32 Å². The molecule has 0 bridgehead atoms. The Morgan fingerprint density at radius 3 is 2.79 bits per heavy atom. The van der Waals surface area contributed by atoms with E-state index < -0.39 is 0 Å². The maximum absolute atomic E-state index is 9.42. The van der Waals surface area contributed by atoms with Crippen LogP contribution in [0.4, 0.5) is 0 Å². The first-order chi connectivity index (χ1) is 9.24. The molecular weight excluding hydrogens is 238 g/mol. The van der Waals surface area contributed by atoms with E-state index in [0.29, 0.717) is 18.4 Å². The molecule has 0 aliphatic heterocycles. The summed E-state index contributed by atoms with van der Waals surface area (Å²) in [6.07, 6.45) is 8.14. The van der Waals surface area contributed by atoms with Gasteiger partial charge in [-0.3, -0.25) is 4.68 Å². The molecule has 19 heavy (non-hydrogen) atoms.